The van der Waals surface area contributed by atoms with Gasteiger partial charge in [-0.15, -0.1) is 0 Å². The maximum atomic E-state index is 13.7. The van der Waals surface area contributed by atoms with E-state index in [1.807, 2.05) is 0 Å². The molecule has 3 heterocycles. The minimum absolute atomic E-state index is 0.111. The van der Waals surface area contributed by atoms with E-state index in [0.717, 1.165) is 19.3 Å². The van der Waals surface area contributed by atoms with Crippen LogP contribution in [0.1, 0.15) is 97.6 Å². The van der Waals surface area contributed by atoms with Crippen molar-refractivity contribution in [2.45, 2.75) is 115 Å². The highest BCUT2D eigenvalue weighted by Crippen LogP contribution is 2.40. The van der Waals surface area contributed by atoms with Crippen LogP contribution < -0.4 is 5.73 Å². The maximum absolute atomic E-state index is 13.7. The van der Waals surface area contributed by atoms with E-state index in [4.69, 9.17) is 24.3 Å². The van der Waals surface area contributed by atoms with Crippen LogP contribution in [0.15, 0.2) is 6.33 Å². The van der Waals surface area contributed by atoms with Gasteiger partial charge in [-0.2, -0.15) is 14.4 Å². The van der Waals surface area contributed by atoms with E-state index >= 15 is 0 Å². The summed E-state index contributed by atoms with van der Waals surface area (Å²) in [7, 11) is -3.10. The number of carbonyl (C=O) groups is 1. The largest absolute Gasteiger partial charge is 0.464 e. The number of fused-ring (bicyclic) bond motifs is 1. The lowest BCUT2D eigenvalue weighted by Crippen LogP contribution is -2.40. The van der Waals surface area contributed by atoms with E-state index in [1.54, 1.807) is 6.92 Å². The Morgan fingerprint density at radius 1 is 1.23 bits per heavy atom. The second-order valence-electron chi connectivity index (χ2n) is 10.5. The number of halogens is 1. The number of unbranched alkanes of at least 4 members (excludes halogenated alkanes) is 9. The number of imidazole rings is 1. The average molecular weight is 588 g/mol. The smallest absolute Gasteiger partial charge is 0.335 e. The highest BCUT2D eigenvalue weighted by molar-refractivity contribution is 7.33. The summed E-state index contributed by atoms with van der Waals surface area (Å²) >= 11 is 0. The van der Waals surface area contributed by atoms with Crippen LogP contribution in [0.25, 0.3) is 11.2 Å². The lowest BCUT2D eigenvalue weighted by atomic mass is 10.0. The first-order valence-electron chi connectivity index (χ1n) is 14.2. The zero-order valence-corrected chi connectivity index (χ0v) is 24.6. The van der Waals surface area contributed by atoms with Gasteiger partial charge in [-0.05, 0) is 20.3 Å². The zero-order valence-electron chi connectivity index (χ0n) is 23.6. The number of carbonyl (C=O) groups excluding carboxylic acids is 1. The van der Waals surface area contributed by atoms with Gasteiger partial charge in [-0.25, -0.2) is 9.78 Å². The third-order valence-corrected chi connectivity index (χ3v) is 8.02. The minimum Gasteiger partial charge on any atom is -0.464 e. The van der Waals surface area contributed by atoms with Crippen LogP contribution in [-0.4, -0.2) is 61.6 Å². The topological polar surface area (TPSA) is 161 Å². The highest BCUT2D eigenvalue weighted by atomic mass is 31.1. The quantitative estimate of drug-likeness (QED) is 0.106. The number of esters is 1. The van der Waals surface area contributed by atoms with Crippen LogP contribution in [-0.2, 0) is 27.9 Å². The van der Waals surface area contributed by atoms with Crippen molar-refractivity contribution < 1.29 is 37.4 Å². The molecule has 3 N–H and O–H groups in total. The van der Waals surface area contributed by atoms with Crippen molar-refractivity contribution >= 4 is 31.2 Å². The Labute approximate surface area is 235 Å². The van der Waals surface area contributed by atoms with Crippen LogP contribution in [0.5, 0.6) is 0 Å². The number of hydrogen-bond acceptors (Lipinski definition) is 11. The molecule has 1 aliphatic rings. The molecule has 0 bridgehead atoms. The zero-order chi connectivity index (χ0) is 29.1. The molecule has 1 fully saturated rings. The summed E-state index contributed by atoms with van der Waals surface area (Å²) in [4.78, 5) is 23.5. The summed E-state index contributed by atoms with van der Waals surface area (Å²) in [6.07, 6.45) is 9.41. The van der Waals surface area contributed by atoms with Crippen LogP contribution in [0.4, 0.5) is 10.2 Å². The Bertz CT molecular complexity index is 1120. The lowest BCUT2D eigenvalue weighted by molar-refractivity contribution is -0.151. The standard InChI is InChI=1S/C26H43FN5O7P/c1-4-5-6-7-8-9-10-11-12-13-14-36-24(34)18(2)39-40(35)37-16-26(3)19(33)15-20(38-26)32-17-29-21-22(28)30-25(27)31-23(21)32/h17-20,33,40H,4-16H2,1-3H3,(H2,28,30,31)/t18-,19-,20+,26+/m0/s1. The fourth-order valence-electron chi connectivity index (χ4n) is 4.61. The summed E-state index contributed by atoms with van der Waals surface area (Å²) in [6.45, 7) is 5.25. The van der Waals surface area contributed by atoms with E-state index in [2.05, 4.69) is 21.9 Å². The maximum Gasteiger partial charge on any atom is 0.335 e. The molecule has 1 saturated heterocycles. The summed E-state index contributed by atoms with van der Waals surface area (Å²) in [5.74, 6) is -0.723. The van der Waals surface area contributed by atoms with Crippen LogP contribution in [0, 0.1) is 6.08 Å². The molecule has 5 atom stereocenters. The van der Waals surface area contributed by atoms with Gasteiger partial charge in [-0.1, -0.05) is 64.7 Å². The van der Waals surface area contributed by atoms with E-state index in [1.165, 1.54) is 62.8 Å². The fraction of sp³-hybridized carbons (Fsp3) is 0.769. The van der Waals surface area contributed by atoms with Crippen molar-refractivity contribution in [3.8, 4) is 0 Å². The van der Waals surface area contributed by atoms with Gasteiger partial charge >= 0.3 is 20.3 Å². The molecule has 0 spiro atoms. The normalized spacial score (nSPS) is 22.5. The Balaban J connectivity index is 1.34. The van der Waals surface area contributed by atoms with Gasteiger partial charge in [0.1, 0.15) is 11.8 Å². The molecule has 0 aliphatic carbocycles. The molecule has 2 aromatic rings. The molecule has 14 heteroatoms. The van der Waals surface area contributed by atoms with Crippen LogP contribution >= 0.6 is 8.25 Å². The second kappa shape index (κ2) is 15.7. The minimum atomic E-state index is -3.10. The number of nitrogen functional groups attached to an aromatic ring is 1. The van der Waals surface area contributed by atoms with Gasteiger partial charge in [0.15, 0.2) is 23.1 Å². The molecule has 40 heavy (non-hydrogen) atoms. The number of aliphatic hydroxyl groups excluding tert-OH is 1. The van der Waals surface area contributed by atoms with E-state index < -0.39 is 44.3 Å². The van der Waals surface area contributed by atoms with E-state index in [-0.39, 0.29) is 36.6 Å². The fourth-order valence-corrected chi connectivity index (χ4v) is 5.47. The Morgan fingerprint density at radius 2 is 1.88 bits per heavy atom. The molecule has 0 amide bonds. The van der Waals surface area contributed by atoms with E-state index in [9.17, 15) is 18.9 Å². The van der Waals surface area contributed by atoms with Crippen molar-refractivity contribution in [3.63, 3.8) is 0 Å². The summed E-state index contributed by atoms with van der Waals surface area (Å²) < 4.78 is 49.3. The molecule has 1 aliphatic heterocycles. The monoisotopic (exact) mass is 587 g/mol. The van der Waals surface area contributed by atoms with Gasteiger partial charge in [0, 0.05) is 6.42 Å². The predicted octanol–water partition coefficient (Wildman–Crippen LogP) is 4.86. The van der Waals surface area contributed by atoms with Crippen molar-refractivity contribution in [3.05, 3.63) is 12.4 Å². The summed E-state index contributed by atoms with van der Waals surface area (Å²) in [6, 6.07) is 0. The second-order valence-corrected chi connectivity index (χ2v) is 11.5. The van der Waals surface area contributed by atoms with E-state index in [0.29, 0.717) is 0 Å². The number of ether oxygens (including phenoxy) is 2. The molecular formula is C26H43FN5O7P. The van der Waals surface area contributed by atoms with Gasteiger partial charge < -0.3 is 24.8 Å². The molecular weight excluding hydrogens is 544 g/mol. The highest BCUT2D eigenvalue weighted by Gasteiger charge is 2.46. The van der Waals surface area contributed by atoms with Crippen molar-refractivity contribution in [1.82, 2.24) is 19.5 Å². The number of rotatable bonds is 18. The summed E-state index contributed by atoms with van der Waals surface area (Å²) in [5.41, 5.74) is 4.77. The number of nitrogens with zero attached hydrogens (tertiary/aromatic N) is 4. The number of aromatic nitrogens is 4. The Kier molecular flexibility index (Phi) is 12.7. The Morgan fingerprint density at radius 3 is 2.55 bits per heavy atom. The number of aliphatic hydroxyl groups is 1. The first kappa shape index (κ1) is 32.3. The number of nitrogens with two attached hydrogens (primary N) is 1. The third-order valence-electron chi connectivity index (χ3n) is 7.09. The molecule has 12 nitrogen and oxygen atoms in total. The molecule has 3 rings (SSSR count). The van der Waals surface area contributed by atoms with Gasteiger partial charge in [0.2, 0.25) is 0 Å². The van der Waals surface area contributed by atoms with Gasteiger partial charge in [-0.3, -0.25) is 13.7 Å². The van der Waals surface area contributed by atoms with Gasteiger partial charge in [0.25, 0.3) is 0 Å². The SMILES string of the molecule is CCCCCCCCCCCCOC(=O)[C@H](C)O[PH](=O)OC[C@@]1(C)O[C@@H](n2cnc3c(N)nc(F)nc32)C[C@@H]1O. The number of hydrogen-bond donors (Lipinski definition) is 2. The molecule has 0 radical (unpaired) electrons. The van der Waals surface area contributed by atoms with Crippen molar-refractivity contribution in [2.24, 2.45) is 0 Å². The third kappa shape index (κ3) is 9.17. The molecule has 2 aromatic heterocycles. The van der Waals surface area contributed by atoms with Crippen LogP contribution in [0.2, 0.25) is 0 Å². The van der Waals surface area contributed by atoms with Crippen molar-refractivity contribution in [2.75, 3.05) is 18.9 Å². The molecule has 1 unspecified atom stereocenters. The lowest BCUT2D eigenvalue weighted by Gasteiger charge is -2.27. The van der Waals surface area contributed by atoms with Crippen molar-refractivity contribution in [1.29, 1.82) is 0 Å². The first-order valence-corrected chi connectivity index (χ1v) is 15.4. The van der Waals surface area contributed by atoms with Crippen LogP contribution in [0.3, 0.4) is 0 Å². The van der Waals surface area contributed by atoms with Gasteiger partial charge in [0.05, 0.1) is 25.6 Å². The Hall–Kier alpha value is -2.18. The summed E-state index contributed by atoms with van der Waals surface area (Å²) in [5, 5.41) is 10.6. The first-order chi connectivity index (χ1) is 19.1. The molecule has 226 valence electrons. The predicted molar refractivity (Wildman–Crippen MR) is 147 cm³/mol. The molecule has 0 saturated carbocycles. The average Bonchev–Trinajstić information content (AvgIpc) is 3.46. The number of anilines is 1. The molecule has 0 aromatic carbocycles.